The highest BCUT2D eigenvalue weighted by Crippen LogP contribution is 2.31. The summed E-state index contributed by atoms with van der Waals surface area (Å²) in [5.74, 6) is 2.46. The Hall–Kier alpha value is -4.84. The molecule has 0 bridgehead atoms. The van der Waals surface area contributed by atoms with Crippen LogP contribution in [-0.2, 0) is 7.05 Å². The molecule has 2 heterocycles. The highest BCUT2D eigenvalue weighted by atomic mass is 16.5. The van der Waals surface area contributed by atoms with Crippen molar-refractivity contribution in [2.45, 2.75) is 0 Å². The molecule has 0 saturated heterocycles. The van der Waals surface area contributed by atoms with Gasteiger partial charge >= 0.3 is 0 Å². The van der Waals surface area contributed by atoms with Crippen LogP contribution in [0.3, 0.4) is 0 Å². The predicted molar refractivity (Wildman–Crippen MR) is 149 cm³/mol. The number of hydrazone groups is 1. The molecule has 6 rings (SSSR count). The molecule has 0 spiro atoms. The van der Waals surface area contributed by atoms with E-state index in [9.17, 15) is 0 Å². The summed E-state index contributed by atoms with van der Waals surface area (Å²) in [7, 11) is 4.03. The topological polar surface area (TPSA) is 45.9 Å². The quantitative estimate of drug-likeness (QED) is 0.271. The van der Waals surface area contributed by atoms with Crippen molar-refractivity contribution in [2.24, 2.45) is 12.1 Å². The minimum atomic E-state index is 0.673. The molecule has 0 saturated carbocycles. The lowest BCUT2D eigenvalue weighted by molar-refractivity contribution is 0.482. The Labute approximate surface area is 216 Å². The molecule has 0 atom stereocenters. The van der Waals surface area contributed by atoms with Crippen LogP contribution in [0.1, 0.15) is 5.56 Å². The van der Waals surface area contributed by atoms with Gasteiger partial charge in [0, 0.05) is 31.3 Å². The van der Waals surface area contributed by atoms with Crippen LogP contribution in [0.4, 0.5) is 5.69 Å². The monoisotopic (exact) mass is 485 g/mol. The van der Waals surface area contributed by atoms with E-state index in [-0.39, 0.29) is 0 Å². The van der Waals surface area contributed by atoms with E-state index < -0.39 is 0 Å². The number of aryl methyl sites for hydroxylation is 1. The molecule has 4 aromatic carbocycles. The van der Waals surface area contributed by atoms with Crippen molar-refractivity contribution in [3.05, 3.63) is 121 Å². The largest absolute Gasteiger partial charge is 0.457 e. The number of anilines is 1. The number of nitrogens with zero attached hydrogens (tertiary/aromatic N) is 5. The standard InChI is InChI=1S/C31H27N5O/c1-34-22-36(33-31(34)24-13-7-4-8-14-24)26-16-10-18-28(20-26)37-27-17-9-15-25(19-27)29-21-30(35(2)32-29)23-11-5-3-6-12-23/h3-21H,22H2,1-2H3. The number of amidine groups is 1. The maximum atomic E-state index is 6.28. The maximum absolute atomic E-state index is 6.28. The first-order valence-electron chi connectivity index (χ1n) is 12.2. The second kappa shape index (κ2) is 9.66. The summed E-state index contributed by atoms with van der Waals surface area (Å²) in [6.45, 7) is 0.673. The van der Waals surface area contributed by atoms with Crippen LogP contribution in [0, 0.1) is 0 Å². The SMILES string of the molecule is CN1CN(c2cccc(Oc3cccc(-c4cc(-c5ccccc5)n(C)n4)c3)c2)N=C1c1ccccc1. The molecular weight excluding hydrogens is 458 g/mol. The highest BCUT2D eigenvalue weighted by Gasteiger charge is 2.22. The number of hydrogen-bond donors (Lipinski definition) is 0. The van der Waals surface area contributed by atoms with E-state index in [2.05, 4.69) is 48.3 Å². The van der Waals surface area contributed by atoms with Crippen molar-refractivity contribution >= 4 is 11.5 Å². The predicted octanol–water partition coefficient (Wildman–Crippen LogP) is 6.62. The van der Waals surface area contributed by atoms with E-state index in [0.717, 1.165) is 51.1 Å². The first-order valence-corrected chi connectivity index (χ1v) is 12.2. The Morgan fingerprint density at radius 3 is 2.05 bits per heavy atom. The van der Waals surface area contributed by atoms with E-state index in [4.69, 9.17) is 14.9 Å². The van der Waals surface area contributed by atoms with Crippen LogP contribution in [-0.4, -0.2) is 34.2 Å². The van der Waals surface area contributed by atoms with Crippen molar-refractivity contribution in [1.82, 2.24) is 14.7 Å². The van der Waals surface area contributed by atoms with Gasteiger partial charge in [-0.05, 0) is 35.9 Å². The van der Waals surface area contributed by atoms with Crippen molar-refractivity contribution in [3.63, 3.8) is 0 Å². The minimum Gasteiger partial charge on any atom is -0.457 e. The van der Waals surface area contributed by atoms with Crippen LogP contribution in [0.15, 0.2) is 120 Å². The molecule has 5 aromatic rings. The smallest absolute Gasteiger partial charge is 0.157 e. The Balaban J connectivity index is 1.23. The normalized spacial score (nSPS) is 13.1. The average molecular weight is 486 g/mol. The molecule has 1 aromatic heterocycles. The molecule has 0 N–H and O–H groups in total. The summed E-state index contributed by atoms with van der Waals surface area (Å²) in [5, 5.41) is 11.6. The lowest BCUT2D eigenvalue weighted by Gasteiger charge is -2.17. The Morgan fingerprint density at radius 1 is 0.649 bits per heavy atom. The number of hydrogen-bond acceptors (Lipinski definition) is 5. The second-order valence-electron chi connectivity index (χ2n) is 9.06. The fourth-order valence-corrected chi connectivity index (χ4v) is 4.54. The van der Waals surface area contributed by atoms with Crippen molar-refractivity contribution in [1.29, 1.82) is 0 Å². The number of rotatable bonds is 6. The Bertz CT molecular complexity index is 1560. The third-order valence-electron chi connectivity index (χ3n) is 6.39. The number of ether oxygens (including phenoxy) is 1. The van der Waals surface area contributed by atoms with Gasteiger partial charge in [0.05, 0.1) is 17.1 Å². The fourth-order valence-electron chi connectivity index (χ4n) is 4.54. The van der Waals surface area contributed by atoms with E-state index in [0.29, 0.717) is 6.67 Å². The van der Waals surface area contributed by atoms with Crippen LogP contribution in [0.5, 0.6) is 11.5 Å². The van der Waals surface area contributed by atoms with E-state index in [1.54, 1.807) is 0 Å². The van der Waals surface area contributed by atoms with Gasteiger partial charge in [0.2, 0.25) is 0 Å². The molecule has 0 aliphatic carbocycles. The lowest BCUT2D eigenvalue weighted by atomic mass is 10.1. The summed E-state index contributed by atoms with van der Waals surface area (Å²) in [6, 6.07) is 38.7. The highest BCUT2D eigenvalue weighted by molar-refractivity contribution is 6.00. The molecule has 0 fully saturated rings. The maximum Gasteiger partial charge on any atom is 0.157 e. The molecule has 1 aliphatic heterocycles. The molecule has 37 heavy (non-hydrogen) atoms. The van der Waals surface area contributed by atoms with E-state index in [1.807, 2.05) is 95.6 Å². The van der Waals surface area contributed by atoms with Crippen LogP contribution < -0.4 is 9.75 Å². The van der Waals surface area contributed by atoms with Gasteiger partial charge in [0.1, 0.15) is 18.2 Å². The van der Waals surface area contributed by atoms with Crippen LogP contribution in [0.2, 0.25) is 0 Å². The molecule has 0 radical (unpaired) electrons. The Kier molecular flexibility index (Phi) is 5.91. The molecule has 182 valence electrons. The average Bonchev–Trinajstić information content (AvgIpc) is 3.53. The van der Waals surface area contributed by atoms with Crippen molar-refractivity contribution in [2.75, 3.05) is 18.7 Å². The van der Waals surface area contributed by atoms with Gasteiger partial charge in [0.15, 0.2) is 5.84 Å². The molecule has 0 unspecified atom stereocenters. The molecular formula is C31H27N5O. The van der Waals surface area contributed by atoms with Gasteiger partial charge in [-0.15, -0.1) is 0 Å². The molecule has 6 heteroatoms. The zero-order chi connectivity index (χ0) is 25.2. The third kappa shape index (κ3) is 4.69. The van der Waals surface area contributed by atoms with Crippen molar-refractivity contribution < 1.29 is 4.74 Å². The summed E-state index contributed by atoms with van der Waals surface area (Å²) in [6.07, 6.45) is 0. The summed E-state index contributed by atoms with van der Waals surface area (Å²) in [5.41, 5.74) is 6.19. The lowest BCUT2D eigenvalue weighted by Crippen LogP contribution is -2.27. The van der Waals surface area contributed by atoms with Gasteiger partial charge < -0.3 is 9.64 Å². The third-order valence-corrected chi connectivity index (χ3v) is 6.39. The first kappa shape index (κ1) is 22.6. The Morgan fingerprint density at radius 2 is 1.30 bits per heavy atom. The molecule has 1 aliphatic rings. The van der Waals surface area contributed by atoms with Gasteiger partial charge in [-0.1, -0.05) is 78.9 Å². The van der Waals surface area contributed by atoms with E-state index in [1.165, 1.54) is 0 Å². The number of benzene rings is 4. The van der Waals surface area contributed by atoms with Gasteiger partial charge in [-0.25, -0.2) is 5.01 Å². The van der Waals surface area contributed by atoms with Crippen molar-refractivity contribution in [3.8, 4) is 34.0 Å². The van der Waals surface area contributed by atoms with Gasteiger partial charge in [-0.2, -0.15) is 10.2 Å². The fraction of sp³-hybridized carbons (Fsp3) is 0.0968. The summed E-state index contributed by atoms with van der Waals surface area (Å²) in [4.78, 5) is 2.14. The zero-order valence-electron chi connectivity index (χ0n) is 20.8. The minimum absolute atomic E-state index is 0.673. The van der Waals surface area contributed by atoms with Crippen LogP contribution in [0.25, 0.3) is 22.5 Å². The summed E-state index contributed by atoms with van der Waals surface area (Å²) < 4.78 is 8.19. The molecule has 6 nitrogen and oxygen atoms in total. The van der Waals surface area contributed by atoms with Crippen LogP contribution >= 0.6 is 0 Å². The van der Waals surface area contributed by atoms with E-state index >= 15 is 0 Å². The first-order chi connectivity index (χ1) is 18.1. The number of aromatic nitrogens is 2. The molecule has 0 amide bonds. The van der Waals surface area contributed by atoms with Gasteiger partial charge in [0.25, 0.3) is 0 Å². The second-order valence-corrected chi connectivity index (χ2v) is 9.06. The van der Waals surface area contributed by atoms with Gasteiger partial charge in [-0.3, -0.25) is 4.68 Å². The zero-order valence-corrected chi connectivity index (χ0v) is 20.8. The summed E-state index contributed by atoms with van der Waals surface area (Å²) >= 11 is 0.